The summed E-state index contributed by atoms with van der Waals surface area (Å²) in [7, 11) is 0. The largest absolute Gasteiger partial charge is 0.351 e. The summed E-state index contributed by atoms with van der Waals surface area (Å²) in [5.41, 5.74) is -0.522. The van der Waals surface area contributed by atoms with Crippen LogP contribution in [0.3, 0.4) is 0 Å². The van der Waals surface area contributed by atoms with Crippen LogP contribution < -0.4 is 5.32 Å². The molecule has 5 nitrogen and oxygen atoms in total. The van der Waals surface area contributed by atoms with Crippen LogP contribution in [0.1, 0.15) is 15.9 Å². The fourth-order valence-corrected chi connectivity index (χ4v) is 2.10. The van der Waals surface area contributed by atoms with Crippen molar-refractivity contribution in [1.29, 1.82) is 0 Å². The zero-order chi connectivity index (χ0) is 15.1. The summed E-state index contributed by atoms with van der Waals surface area (Å²) in [6, 6.07) is 2.06. The van der Waals surface area contributed by atoms with Gasteiger partial charge < -0.3 is 5.32 Å². The molecular weight excluding hydrogens is 283 g/mol. The Hall–Kier alpha value is -1.89. The summed E-state index contributed by atoms with van der Waals surface area (Å²) in [4.78, 5) is 21.9. The first kappa shape index (κ1) is 16.2. The van der Waals surface area contributed by atoms with Crippen molar-refractivity contribution in [3.05, 3.63) is 51.8 Å². The van der Waals surface area contributed by atoms with Gasteiger partial charge in [-0.25, -0.2) is 4.39 Å². The predicted molar refractivity (Wildman–Crippen MR) is 77.6 cm³/mol. The van der Waals surface area contributed by atoms with Crippen molar-refractivity contribution in [1.82, 2.24) is 5.32 Å². The lowest BCUT2D eigenvalue weighted by Crippen LogP contribution is -2.27. The second kappa shape index (κ2) is 7.64. The van der Waals surface area contributed by atoms with Crippen LogP contribution in [0.25, 0.3) is 0 Å². The SMILES string of the molecule is C=CCSCCNC(=O)c1cc([N+](=O)[O-])cc(C)c1F. The standard InChI is InChI=1S/C13H15FN2O3S/c1-3-5-20-6-4-15-13(17)11-8-10(16(18)19)7-9(2)12(11)14/h3,7-8H,1,4-6H2,2H3,(H,15,17). The minimum Gasteiger partial charge on any atom is -0.351 e. The van der Waals surface area contributed by atoms with E-state index in [1.54, 1.807) is 17.8 Å². The number of halogens is 1. The number of aryl methyl sites for hydroxylation is 1. The molecule has 0 saturated heterocycles. The van der Waals surface area contributed by atoms with Crippen LogP contribution in [0.5, 0.6) is 0 Å². The third kappa shape index (κ3) is 4.34. The molecule has 0 aromatic heterocycles. The van der Waals surface area contributed by atoms with E-state index in [1.165, 1.54) is 6.92 Å². The second-order valence-electron chi connectivity index (χ2n) is 4.00. The molecule has 0 spiro atoms. The molecule has 1 aromatic rings. The number of thioether (sulfide) groups is 1. The van der Waals surface area contributed by atoms with Crippen molar-refractivity contribution in [2.75, 3.05) is 18.1 Å². The second-order valence-corrected chi connectivity index (χ2v) is 5.15. The zero-order valence-electron chi connectivity index (χ0n) is 11.0. The average molecular weight is 298 g/mol. The molecule has 1 N–H and O–H groups in total. The van der Waals surface area contributed by atoms with Crippen LogP contribution >= 0.6 is 11.8 Å². The van der Waals surface area contributed by atoms with E-state index >= 15 is 0 Å². The van der Waals surface area contributed by atoms with Crippen molar-refractivity contribution >= 4 is 23.4 Å². The molecule has 1 amide bonds. The summed E-state index contributed by atoms with van der Waals surface area (Å²) in [6.45, 7) is 5.31. The van der Waals surface area contributed by atoms with E-state index < -0.39 is 16.6 Å². The number of non-ortho nitro benzene ring substituents is 1. The van der Waals surface area contributed by atoms with E-state index in [0.717, 1.165) is 17.9 Å². The Labute approximate surface area is 120 Å². The molecule has 0 saturated carbocycles. The lowest BCUT2D eigenvalue weighted by Gasteiger charge is -2.07. The molecule has 0 radical (unpaired) electrons. The molecule has 0 bridgehead atoms. The van der Waals surface area contributed by atoms with Gasteiger partial charge in [0, 0.05) is 30.2 Å². The topological polar surface area (TPSA) is 72.2 Å². The number of nitrogens with one attached hydrogen (secondary N) is 1. The van der Waals surface area contributed by atoms with Gasteiger partial charge >= 0.3 is 0 Å². The maximum absolute atomic E-state index is 13.8. The smallest absolute Gasteiger partial charge is 0.270 e. The highest BCUT2D eigenvalue weighted by Gasteiger charge is 2.19. The molecular formula is C13H15FN2O3S. The Kier molecular flexibility index (Phi) is 6.17. The third-order valence-corrected chi connectivity index (χ3v) is 3.43. The number of carbonyl (C=O) groups excluding carboxylic acids is 1. The molecule has 1 aromatic carbocycles. The minimum absolute atomic E-state index is 0.0744. The highest BCUT2D eigenvalue weighted by molar-refractivity contribution is 7.99. The Morgan fingerprint density at radius 3 is 2.90 bits per heavy atom. The Bertz CT molecular complexity index is 535. The number of nitro benzene ring substituents is 1. The lowest BCUT2D eigenvalue weighted by atomic mass is 10.1. The summed E-state index contributed by atoms with van der Waals surface area (Å²) in [5.74, 6) is 0.0494. The molecule has 0 atom stereocenters. The van der Waals surface area contributed by atoms with Crippen molar-refractivity contribution in [3.8, 4) is 0 Å². The van der Waals surface area contributed by atoms with Gasteiger partial charge in [-0.2, -0.15) is 11.8 Å². The van der Waals surface area contributed by atoms with Crippen LogP contribution in [-0.2, 0) is 0 Å². The maximum Gasteiger partial charge on any atom is 0.270 e. The number of nitrogens with zero attached hydrogens (tertiary/aromatic N) is 1. The van der Waals surface area contributed by atoms with Crippen LogP contribution in [0.15, 0.2) is 24.8 Å². The lowest BCUT2D eigenvalue weighted by molar-refractivity contribution is -0.385. The summed E-state index contributed by atoms with van der Waals surface area (Å²) in [6.07, 6.45) is 1.75. The monoisotopic (exact) mass is 298 g/mol. The Morgan fingerprint density at radius 1 is 1.60 bits per heavy atom. The van der Waals surface area contributed by atoms with Gasteiger partial charge in [-0.05, 0) is 12.5 Å². The predicted octanol–water partition coefficient (Wildman–Crippen LogP) is 2.69. The number of benzene rings is 1. The molecule has 7 heteroatoms. The van der Waals surface area contributed by atoms with Gasteiger partial charge in [0.15, 0.2) is 0 Å². The van der Waals surface area contributed by atoms with E-state index in [4.69, 9.17) is 0 Å². The number of amides is 1. The van der Waals surface area contributed by atoms with Gasteiger partial charge in [-0.15, -0.1) is 6.58 Å². The van der Waals surface area contributed by atoms with Gasteiger partial charge in [0.2, 0.25) is 0 Å². The fourth-order valence-electron chi connectivity index (χ4n) is 1.52. The first-order chi connectivity index (χ1) is 9.47. The molecule has 0 unspecified atom stereocenters. The van der Waals surface area contributed by atoms with Gasteiger partial charge in [0.25, 0.3) is 11.6 Å². The number of nitro groups is 1. The van der Waals surface area contributed by atoms with Crippen molar-refractivity contribution in [2.24, 2.45) is 0 Å². The number of rotatable bonds is 7. The molecule has 0 fully saturated rings. The maximum atomic E-state index is 13.8. The molecule has 0 aliphatic carbocycles. The van der Waals surface area contributed by atoms with Crippen molar-refractivity contribution in [2.45, 2.75) is 6.92 Å². The third-order valence-electron chi connectivity index (χ3n) is 2.46. The number of hydrogen-bond acceptors (Lipinski definition) is 4. The number of carbonyl (C=O) groups is 1. The van der Waals surface area contributed by atoms with Gasteiger partial charge in [0.1, 0.15) is 5.82 Å². The average Bonchev–Trinajstić information content (AvgIpc) is 2.41. The molecule has 0 heterocycles. The normalized spacial score (nSPS) is 10.1. The highest BCUT2D eigenvalue weighted by Crippen LogP contribution is 2.20. The molecule has 0 aliphatic heterocycles. The van der Waals surface area contributed by atoms with E-state index in [1.807, 2.05) is 0 Å². The molecule has 20 heavy (non-hydrogen) atoms. The molecule has 108 valence electrons. The molecule has 0 aliphatic rings. The quantitative estimate of drug-likeness (QED) is 0.363. The van der Waals surface area contributed by atoms with Gasteiger partial charge in [-0.1, -0.05) is 6.08 Å². The Balaban J connectivity index is 2.76. The number of hydrogen-bond donors (Lipinski definition) is 1. The summed E-state index contributed by atoms with van der Waals surface area (Å²) < 4.78 is 13.8. The van der Waals surface area contributed by atoms with Crippen LogP contribution in [0.2, 0.25) is 0 Å². The Morgan fingerprint density at radius 2 is 2.30 bits per heavy atom. The van der Waals surface area contributed by atoms with E-state index in [2.05, 4.69) is 11.9 Å². The first-order valence-corrected chi connectivity index (χ1v) is 7.04. The van der Waals surface area contributed by atoms with Crippen LogP contribution in [-0.4, -0.2) is 28.9 Å². The van der Waals surface area contributed by atoms with Gasteiger partial charge in [-0.3, -0.25) is 14.9 Å². The van der Waals surface area contributed by atoms with E-state index in [0.29, 0.717) is 12.3 Å². The van der Waals surface area contributed by atoms with E-state index in [9.17, 15) is 19.3 Å². The van der Waals surface area contributed by atoms with Crippen molar-refractivity contribution < 1.29 is 14.1 Å². The van der Waals surface area contributed by atoms with Crippen LogP contribution in [0.4, 0.5) is 10.1 Å². The first-order valence-electron chi connectivity index (χ1n) is 5.88. The zero-order valence-corrected chi connectivity index (χ0v) is 11.8. The van der Waals surface area contributed by atoms with Gasteiger partial charge in [0.05, 0.1) is 10.5 Å². The van der Waals surface area contributed by atoms with Crippen molar-refractivity contribution in [3.63, 3.8) is 0 Å². The minimum atomic E-state index is -0.730. The summed E-state index contributed by atoms with van der Waals surface area (Å²) >= 11 is 1.57. The van der Waals surface area contributed by atoms with E-state index in [-0.39, 0.29) is 16.8 Å². The molecule has 1 rings (SSSR count). The highest BCUT2D eigenvalue weighted by atomic mass is 32.2. The fraction of sp³-hybridized carbons (Fsp3) is 0.308. The summed E-state index contributed by atoms with van der Waals surface area (Å²) in [5, 5.41) is 13.2. The van der Waals surface area contributed by atoms with Crippen LogP contribution in [0, 0.1) is 22.9 Å².